The normalized spacial score (nSPS) is 13.6. The summed E-state index contributed by atoms with van der Waals surface area (Å²) in [6, 6.07) is 10.9. The first-order valence-electron chi connectivity index (χ1n) is 9.19. The lowest BCUT2D eigenvalue weighted by atomic mass is 9.94. The maximum atomic E-state index is 2.39. The van der Waals surface area contributed by atoms with Crippen molar-refractivity contribution in [1.29, 1.82) is 0 Å². The monoisotopic (exact) mass is 300 g/mol. The van der Waals surface area contributed by atoms with Crippen LogP contribution in [-0.4, -0.2) is 0 Å². The van der Waals surface area contributed by atoms with Crippen LogP contribution in [0.5, 0.6) is 0 Å². The smallest absolute Gasteiger partial charge is 0.0203 e. The van der Waals surface area contributed by atoms with Crippen molar-refractivity contribution in [2.45, 2.75) is 79.1 Å². The molecule has 124 valence electrons. The molecule has 1 rings (SSSR count). The third-order valence-electron chi connectivity index (χ3n) is 4.11. The molecule has 0 fully saturated rings. The standard InChI is InChI=1S/C22H36/c1-20(19-21-16-12-10-13-17-21)15-11-8-6-5-7-9-14-18-22(2,3)4/h10,12-14,16-18,20H,5-9,11,15,19H2,1-4H3/b18-14+. The van der Waals surface area contributed by atoms with Gasteiger partial charge in [-0.15, -0.1) is 0 Å². The second kappa shape index (κ2) is 10.6. The molecular weight excluding hydrogens is 264 g/mol. The van der Waals surface area contributed by atoms with E-state index in [0.29, 0.717) is 5.41 Å². The number of allylic oxidation sites excluding steroid dienone is 2. The van der Waals surface area contributed by atoms with E-state index in [0.717, 1.165) is 5.92 Å². The van der Waals surface area contributed by atoms with Crippen LogP contribution < -0.4 is 0 Å². The molecule has 1 atom stereocenters. The fraction of sp³-hybridized carbons (Fsp3) is 0.636. The van der Waals surface area contributed by atoms with E-state index in [2.05, 4.69) is 70.2 Å². The zero-order valence-electron chi connectivity index (χ0n) is 15.3. The van der Waals surface area contributed by atoms with Gasteiger partial charge < -0.3 is 0 Å². The fourth-order valence-electron chi connectivity index (χ4n) is 2.84. The molecule has 0 heterocycles. The predicted octanol–water partition coefficient (Wildman–Crippen LogP) is 7.20. The summed E-state index contributed by atoms with van der Waals surface area (Å²) < 4.78 is 0. The van der Waals surface area contributed by atoms with Gasteiger partial charge in [-0.3, -0.25) is 0 Å². The van der Waals surface area contributed by atoms with Crippen LogP contribution in [0.2, 0.25) is 0 Å². The maximum absolute atomic E-state index is 2.39. The first-order valence-corrected chi connectivity index (χ1v) is 9.19. The van der Waals surface area contributed by atoms with Crippen molar-refractivity contribution < 1.29 is 0 Å². The highest BCUT2D eigenvalue weighted by Gasteiger charge is 2.04. The lowest BCUT2D eigenvalue weighted by Crippen LogP contribution is -1.99. The number of benzene rings is 1. The number of hydrogen-bond donors (Lipinski definition) is 0. The number of hydrogen-bond acceptors (Lipinski definition) is 0. The van der Waals surface area contributed by atoms with Gasteiger partial charge in [-0.05, 0) is 36.2 Å². The summed E-state index contributed by atoms with van der Waals surface area (Å²) in [7, 11) is 0. The zero-order chi connectivity index (χ0) is 16.3. The first-order chi connectivity index (χ1) is 10.5. The molecule has 0 saturated heterocycles. The van der Waals surface area contributed by atoms with Crippen LogP contribution in [-0.2, 0) is 6.42 Å². The van der Waals surface area contributed by atoms with Crippen molar-refractivity contribution in [1.82, 2.24) is 0 Å². The Morgan fingerprint density at radius 1 is 0.909 bits per heavy atom. The Kier molecular flexibility index (Phi) is 9.20. The number of unbranched alkanes of at least 4 members (excludes halogenated alkanes) is 5. The molecule has 1 aromatic carbocycles. The second-order valence-electron chi connectivity index (χ2n) is 7.91. The van der Waals surface area contributed by atoms with Gasteiger partial charge in [0.05, 0.1) is 0 Å². The molecule has 1 aromatic rings. The van der Waals surface area contributed by atoms with Crippen LogP contribution in [0.25, 0.3) is 0 Å². The largest absolute Gasteiger partial charge is 0.0880 e. The predicted molar refractivity (Wildman–Crippen MR) is 100 cm³/mol. The summed E-state index contributed by atoms with van der Waals surface area (Å²) >= 11 is 0. The van der Waals surface area contributed by atoms with E-state index in [9.17, 15) is 0 Å². The van der Waals surface area contributed by atoms with E-state index < -0.39 is 0 Å². The first kappa shape index (κ1) is 19.0. The highest BCUT2D eigenvalue weighted by atomic mass is 14.1. The van der Waals surface area contributed by atoms with Crippen LogP contribution in [0.4, 0.5) is 0 Å². The van der Waals surface area contributed by atoms with Gasteiger partial charge in [0.1, 0.15) is 0 Å². The van der Waals surface area contributed by atoms with Crippen LogP contribution >= 0.6 is 0 Å². The third-order valence-corrected chi connectivity index (χ3v) is 4.11. The highest BCUT2D eigenvalue weighted by Crippen LogP contribution is 2.17. The molecule has 0 nitrogen and oxygen atoms in total. The second-order valence-corrected chi connectivity index (χ2v) is 7.91. The zero-order valence-corrected chi connectivity index (χ0v) is 15.3. The summed E-state index contributed by atoms with van der Waals surface area (Å²) in [6.07, 6.45) is 15.5. The summed E-state index contributed by atoms with van der Waals surface area (Å²) in [6.45, 7) is 9.19. The van der Waals surface area contributed by atoms with E-state index in [1.807, 2.05) is 0 Å². The number of rotatable bonds is 10. The minimum absolute atomic E-state index is 0.342. The molecule has 0 aliphatic carbocycles. The molecule has 0 bridgehead atoms. The van der Waals surface area contributed by atoms with E-state index in [1.54, 1.807) is 0 Å². The van der Waals surface area contributed by atoms with Gasteiger partial charge in [-0.2, -0.15) is 0 Å². The molecule has 0 amide bonds. The molecule has 0 aliphatic rings. The van der Waals surface area contributed by atoms with Gasteiger partial charge in [0.25, 0.3) is 0 Å². The fourth-order valence-corrected chi connectivity index (χ4v) is 2.84. The third kappa shape index (κ3) is 10.7. The lowest BCUT2D eigenvalue weighted by Gasteiger charge is -2.11. The molecule has 0 spiro atoms. The van der Waals surface area contributed by atoms with Crippen LogP contribution in [0.15, 0.2) is 42.5 Å². The molecule has 0 radical (unpaired) electrons. The molecule has 0 N–H and O–H groups in total. The average Bonchev–Trinajstić information content (AvgIpc) is 2.45. The lowest BCUT2D eigenvalue weighted by molar-refractivity contribution is 0.482. The molecule has 0 saturated carbocycles. The van der Waals surface area contributed by atoms with Crippen molar-refractivity contribution >= 4 is 0 Å². The SMILES string of the molecule is CC(CCCCCCC/C=C/C(C)(C)C)Cc1ccccc1. The van der Waals surface area contributed by atoms with Crippen molar-refractivity contribution in [3.05, 3.63) is 48.0 Å². The van der Waals surface area contributed by atoms with E-state index in [1.165, 1.54) is 56.9 Å². The van der Waals surface area contributed by atoms with Crippen molar-refractivity contribution in [2.75, 3.05) is 0 Å². The van der Waals surface area contributed by atoms with Gasteiger partial charge in [0.15, 0.2) is 0 Å². The molecule has 0 aromatic heterocycles. The Balaban J connectivity index is 1.96. The average molecular weight is 301 g/mol. The van der Waals surface area contributed by atoms with Gasteiger partial charge in [0.2, 0.25) is 0 Å². The van der Waals surface area contributed by atoms with Crippen LogP contribution in [0.1, 0.15) is 78.2 Å². The van der Waals surface area contributed by atoms with E-state index >= 15 is 0 Å². The minimum atomic E-state index is 0.342. The molecule has 22 heavy (non-hydrogen) atoms. The van der Waals surface area contributed by atoms with Gasteiger partial charge in [-0.1, -0.05) is 102 Å². The molecule has 1 unspecified atom stereocenters. The summed E-state index contributed by atoms with van der Waals surface area (Å²) in [4.78, 5) is 0. The van der Waals surface area contributed by atoms with Crippen molar-refractivity contribution in [3.8, 4) is 0 Å². The Bertz CT molecular complexity index is 394. The Morgan fingerprint density at radius 2 is 1.55 bits per heavy atom. The van der Waals surface area contributed by atoms with Gasteiger partial charge >= 0.3 is 0 Å². The Hall–Kier alpha value is -1.04. The quantitative estimate of drug-likeness (QED) is 0.316. The summed E-state index contributed by atoms with van der Waals surface area (Å²) in [5, 5.41) is 0. The highest BCUT2D eigenvalue weighted by molar-refractivity contribution is 5.14. The summed E-state index contributed by atoms with van der Waals surface area (Å²) in [5.74, 6) is 0.817. The van der Waals surface area contributed by atoms with Crippen molar-refractivity contribution in [2.24, 2.45) is 11.3 Å². The van der Waals surface area contributed by atoms with E-state index in [-0.39, 0.29) is 0 Å². The van der Waals surface area contributed by atoms with E-state index in [4.69, 9.17) is 0 Å². The Labute approximate surface area is 139 Å². The van der Waals surface area contributed by atoms with Crippen LogP contribution in [0.3, 0.4) is 0 Å². The van der Waals surface area contributed by atoms with Crippen LogP contribution in [0, 0.1) is 11.3 Å². The van der Waals surface area contributed by atoms with Gasteiger partial charge in [0, 0.05) is 0 Å². The van der Waals surface area contributed by atoms with Gasteiger partial charge in [-0.25, -0.2) is 0 Å². The topological polar surface area (TPSA) is 0 Å². The maximum Gasteiger partial charge on any atom is -0.0203 e. The minimum Gasteiger partial charge on any atom is -0.0880 e. The van der Waals surface area contributed by atoms with Crippen molar-refractivity contribution in [3.63, 3.8) is 0 Å². The molecule has 0 heteroatoms. The molecular formula is C22H36. The summed E-state index contributed by atoms with van der Waals surface area (Å²) in [5.41, 5.74) is 1.83. The Morgan fingerprint density at radius 3 is 2.23 bits per heavy atom. The molecule has 0 aliphatic heterocycles.